The lowest BCUT2D eigenvalue weighted by Crippen LogP contribution is -2.17. The van der Waals surface area contributed by atoms with Gasteiger partial charge in [0.25, 0.3) is 5.88 Å². The molecule has 1 aliphatic heterocycles. The van der Waals surface area contributed by atoms with Crippen molar-refractivity contribution in [2.24, 2.45) is 15.7 Å². The van der Waals surface area contributed by atoms with Crippen LogP contribution >= 0.6 is 0 Å². The summed E-state index contributed by atoms with van der Waals surface area (Å²) in [6, 6.07) is 6.32. The van der Waals surface area contributed by atoms with Gasteiger partial charge in [0, 0.05) is 17.5 Å². The maximum Gasteiger partial charge on any atom is 0.257 e. The highest BCUT2D eigenvalue weighted by Gasteiger charge is 2.16. The normalized spacial score (nSPS) is 12.9. The molecular formula is C31H44N4O3. The summed E-state index contributed by atoms with van der Waals surface area (Å²) in [5.41, 5.74) is 15.9. The zero-order chi connectivity index (χ0) is 28.5. The first kappa shape index (κ1) is 32.2. The third-order valence-electron chi connectivity index (χ3n) is 5.88. The molecule has 38 heavy (non-hydrogen) atoms. The Labute approximate surface area is 228 Å². The molecule has 0 radical (unpaired) electrons. The average molecular weight is 521 g/mol. The lowest BCUT2D eigenvalue weighted by atomic mass is 10.0. The molecule has 0 fully saturated rings. The monoisotopic (exact) mass is 520 g/mol. The summed E-state index contributed by atoms with van der Waals surface area (Å²) in [5.74, 6) is 2.21. The van der Waals surface area contributed by atoms with Gasteiger partial charge in [-0.3, -0.25) is 0 Å². The van der Waals surface area contributed by atoms with Gasteiger partial charge in [-0.05, 0) is 87.6 Å². The standard InChI is InChI=1S/C19H29N3.C9H11NO2.C3H4O/c1-6-9-17(13-20)19(8-3)22-15(5)21-18-11-10-16(7-2)14(4)12-18;1-6-5-10-9-8(7(6)2)11-3-4-12-9;1-2-3-4/h10-13H,6-9,20H2,1-5H3;5H,3-4H2,1-2H3;3-4H,1H2/b17-13-,21-15?,22-19?;;. The van der Waals surface area contributed by atoms with Crippen molar-refractivity contribution in [3.05, 3.63) is 77.0 Å². The van der Waals surface area contributed by atoms with Crippen LogP contribution in [0.15, 0.2) is 64.7 Å². The van der Waals surface area contributed by atoms with E-state index < -0.39 is 0 Å². The Kier molecular flexibility index (Phi) is 14.9. The smallest absolute Gasteiger partial charge is 0.257 e. The van der Waals surface area contributed by atoms with Crippen LogP contribution in [0.5, 0.6) is 11.6 Å². The summed E-state index contributed by atoms with van der Waals surface area (Å²) in [4.78, 5) is 13.4. The summed E-state index contributed by atoms with van der Waals surface area (Å²) in [6.07, 6.45) is 8.19. The van der Waals surface area contributed by atoms with Gasteiger partial charge < -0.3 is 20.3 Å². The van der Waals surface area contributed by atoms with Crippen molar-refractivity contribution in [1.29, 1.82) is 0 Å². The van der Waals surface area contributed by atoms with E-state index in [9.17, 15) is 0 Å². The van der Waals surface area contributed by atoms with E-state index >= 15 is 0 Å². The van der Waals surface area contributed by atoms with E-state index in [4.69, 9.17) is 20.3 Å². The molecule has 206 valence electrons. The number of pyridine rings is 1. The van der Waals surface area contributed by atoms with Crippen molar-refractivity contribution in [3.63, 3.8) is 0 Å². The Hall–Kier alpha value is -3.83. The molecule has 1 aromatic carbocycles. The fraction of sp³-hybridized carbons (Fsp3) is 0.419. The van der Waals surface area contributed by atoms with Gasteiger partial charge in [-0.25, -0.2) is 15.0 Å². The van der Waals surface area contributed by atoms with Crippen LogP contribution in [0.2, 0.25) is 0 Å². The molecule has 0 atom stereocenters. The number of hydrogen-bond donors (Lipinski definition) is 2. The molecule has 1 aromatic heterocycles. The van der Waals surface area contributed by atoms with E-state index in [-0.39, 0.29) is 0 Å². The second-order valence-corrected chi connectivity index (χ2v) is 8.71. The summed E-state index contributed by atoms with van der Waals surface area (Å²) in [6.45, 7) is 18.8. The minimum absolute atomic E-state index is 0.600. The van der Waals surface area contributed by atoms with Crippen LogP contribution in [0.4, 0.5) is 5.69 Å². The van der Waals surface area contributed by atoms with Crippen LogP contribution in [0.25, 0.3) is 0 Å². The average Bonchev–Trinajstić information content (AvgIpc) is 2.93. The first-order chi connectivity index (χ1) is 18.3. The third kappa shape index (κ3) is 10.3. The fourth-order valence-electron chi connectivity index (χ4n) is 3.73. The molecule has 7 nitrogen and oxygen atoms in total. The first-order valence-corrected chi connectivity index (χ1v) is 13.1. The predicted molar refractivity (Wildman–Crippen MR) is 159 cm³/mol. The fourth-order valence-corrected chi connectivity index (χ4v) is 3.73. The van der Waals surface area contributed by atoms with Gasteiger partial charge >= 0.3 is 0 Å². The van der Waals surface area contributed by atoms with Crippen molar-refractivity contribution >= 4 is 17.2 Å². The summed E-state index contributed by atoms with van der Waals surface area (Å²) in [5, 5.41) is 7.58. The number of aliphatic imine (C=N–C) groups is 2. The third-order valence-corrected chi connectivity index (χ3v) is 5.88. The number of allylic oxidation sites excluding steroid dienone is 1. The number of aliphatic hydroxyl groups is 1. The lowest BCUT2D eigenvalue weighted by Gasteiger charge is -2.19. The Bertz CT molecular complexity index is 1180. The van der Waals surface area contributed by atoms with E-state index in [1.54, 1.807) is 6.20 Å². The van der Waals surface area contributed by atoms with Crippen molar-refractivity contribution in [2.75, 3.05) is 13.2 Å². The minimum Gasteiger partial charge on any atom is -0.507 e. The number of aryl methyl sites for hydroxylation is 3. The number of amidine groups is 1. The van der Waals surface area contributed by atoms with Gasteiger partial charge in [0.05, 0.1) is 5.69 Å². The van der Waals surface area contributed by atoms with Gasteiger partial charge in [-0.15, -0.1) is 0 Å². The van der Waals surface area contributed by atoms with Crippen molar-refractivity contribution in [1.82, 2.24) is 4.98 Å². The number of nitrogens with two attached hydrogens (primary N) is 1. The van der Waals surface area contributed by atoms with E-state index in [1.165, 1.54) is 11.1 Å². The Morgan fingerprint density at radius 2 is 1.84 bits per heavy atom. The highest BCUT2D eigenvalue weighted by molar-refractivity contribution is 6.07. The number of rotatable bonds is 6. The van der Waals surface area contributed by atoms with Gasteiger partial charge in [0.15, 0.2) is 5.75 Å². The van der Waals surface area contributed by atoms with E-state index in [1.807, 2.05) is 27.0 Å². The van der Waals surface area contributed by atoms with E-state index in [2.05, 4.69) is 73.2 Å². The molecule has 0 amide bonds. The Balaban J connectivity index is 0.000000373. The molecule has 0 unspecified atom stereocenters. The van der Waals surface area contributed by atoms with Crippen LogP contribution in [0, 0.1) is 20.8 Å². The molecule has 3 N–H and O–H groups in total. The van der Waals surface area contributed by atoms with Gasteiger partial charge in [0.2, 0.25) is 0 Å². The van der Waals surface area contributed by atoms with Gasteiger partial charge in [-0.2, -0.15) is 0 Å². The lowest BCUT2D eigenvalue weighted by molar-refractivity contribution is 0.163. The summed E-state index contributed by atoms with van der Waals surface area (Å²) >= 11 is 0. The predicted octanol–water partition coefficient (Wildman–Crippen LogP) is 7.41. The van der Waals surface area contributed by atoms with Crippen LogP contribution in [-0.4, -0.2) is 34.9 Å². The SMILES string of the molecule is C=C=CO.CCC/C(=C/N)C(CC)=NC(C)=Nc1ccc(CC)c(C)c1.Cc1cnc2c(c1C)OCCO2. The molecule has 0 spiro atoms. The van der Waals surface area contributed by atoms with Crippen molar-refractivity contribution < 1.29 is 14.6 Å². The second kappa shape index (κ2) is 17.6. The molecule has 3 rings (SSSR count). The molecular weight excluding hydrogens is 476 g/mol. The molecule has 1 aliphatic rings. The maximum atomic E-state index is 7.58. The Morgan fingerprint density at radius 3 is 2.39 bits per heavy atom. The molecule has 7 heteroatoms. The van der Waals surface area contributed by atoms with Crippen molar-refractivity contribution in [2.45, 2.75) is 74.1 Å². The van der Waals surface area contributed by atoms with Crippen LogP contribution < -0.4 is 15.2 Å². The molecule has 0 bridgehead atoms. The minimum atomic E-state index is 0.600. The zero-order valence-electron chi connectivity index (χ0n) is 24.1. The van der Waals surface area contributed by atoms with Gasteiger partial charge in [-0.1, -0.05) is 45.6 Å². The molecule has 0 saturated carbocycles. The van der Waals surface area contributed by atoms with E-state index in [0.717, 1.165) is 71.6 Å². The van der Waals surface area contributed by atoms with Gasteiger partial charge in [0.1, 0.15) is 25.3 Å². The number of hydrogen-bond acceptors (Lipinski definition) is 6. The number of aromatic nitrogens is 1. The summed E-state index contributed by atoms with van der Waals surface area (Å²) in [7, 11) is 0. The quantitative estimate of drug-likeness (QED) is 0.179. The first-order valence-electron chi connectivity index (χ1n) is 13.1. The highest BCUT2D eigenvalue weighted by atomic mass is 16.6. The van der Waals surface area contributed by atoms with Crippen LogP contribution in [0.1, 0.15) is 69.2 Å². The Morgan fingerprint density at radius 1 is 1.16 bits per heavy atom. The molecule has 2 aromatic rings. The zero-order valence-corrected chi connectivity index (χ0v) is 24.1. The molecule has 2 heterocycles. The second-order valence-electron chi connectivity index (χ2n) is 8.71. The van der Waals surface area contributed by atoms with Crippen LogP contribution in [0.3, 0.4) is 0 Å². The number of benzene rings is 1. The van der Waals surface area contributed by atoms with Crippen molar-refractivity contribution in [3.8, 4) is 11.6 Å². The topological polar surface area (TPSA) is 102 Å². The molecule has 0 aliphatic carbocycles. The highest BCUT2D eigenvalue weighted by Crippen LogP contribution is 2.32. The number of nitrogens with zero attached hydrogens (tertiary/aromatic N) is 3. The molecule has 0 saturated heterocycles. The number of ether oxygens (including phenoxy) is 2. The van der Waals surface area contributed by atoms with Crippen LogP contribution in [-0.2, 0) is 6.42 Å². The summed E-state index contributed by atoms with van der Waals surface area (Å²) < 4.78 is 10.8. The maximum absolute atomic E-state index is 7.58. The van der Waals surface area contributed by atoms with E-state index in [0.29, 0.717) is 19.1 Å². The number of fused-ring (bicyclic) bond motifs is 1. The largest absolute Gasteiger partial charge is 0.507 e. The number of aliphatic hydroxyl groups excluding tert-OH is 1.